The Bertz CT molecular complexity index is 500. The van der Waals surface area contributed by atoms with Crippen molar-refractivity contribution in [2.24, 2.45) is 12.8 Å². The van der Waals surface area contributed by atoms with Crippen LogP contribution < -0.4 is 5.73 Å². The number of nitrogens with two attached hydrogens (primary N) is 1. The van der Waals surface area contributed by atoms with Crippen molar-refractivity contribution in [2.75, 3.05) is 5.75 Å². The Kier molecular flexibility index (Phi) is 5.01. The minimum absolute atomic E-state index is 0.244. The maximum atomic E-state index is 10.1. The highest BCUT2D eigenvalue weighted by Crippen LogP contribution is 2.18. The van der Waals surface area contributed by atoms with Gasteiger partial charge in [0.05, 0.1) is 12.3 Å². The molecule has 0 radical (unpaired) electrons. The van der Waals surface area contributed by atoms with Gasteiger partial charge in [0, 0.05) is 29.9 Å². The Labute approximate surface area is 117 Å². The third-order valence-corrected chi connectivity index (χ3v) is 3.96. The fraction of sp³-hybridized carbons (Fsp3) is 0.357. The molecule has 0 aliphatic heterocycles. The number of aliphatic hydroxyl groups excluding tert-OH is 1. The molecule has 0 aliphatic rings. The number of aryl methyl sites for hydroxylation is 1. The molecule has 2 unspecified atom stereocenters. The van der Waals surface area contributed by atoms with Gasteiger partial charge in [-0.15, -0.1) is 11.8 Å². The van der Waals surface area contributed by atoms with Crippen LogP contribution in [-0.4, -0.2) is 32.8 Å². The number of nitrogens with zero attached hydrogens (tertiary/aromatic N) is 2. The van der Waals surface area contributed by atoms with Gasteiger partial charge in [0.25, 0.3) is 0 Å². The van der Waals surface area contributed by atoms with E-state index in [1.165, 1.54) is 0 Å². The second-order valence-electron chi connectivity index (χ2n) is 4.58. The lowest BCUT2D eigenvalue weighted by Crippen LogP contribution is -2.38. The molecule has 2 atom stereocenters. The molecule has 1 aromatic carbocycles. The van der Waals surface area contributed by atoms with Crippen molar-refractivity contribution in [3.63, 3.8) is 0 Å². The summed E-state index contributed by atoms with van der Waals surface area (Å²) in [5.74, 6) is 0.583. The third-order valence-electron chi connectivity index (χ3n) is 2.91. The van der Waals surface area contributed by atoms with E-state index in [0.717, 1.165) is 10.5 Å². The number of hydrogen-bond donors (Lipinski definition) is 2. The van der Waals surface area contributed by atoms with Gasteiger partial charge in [-0.25, -0.2) is 0 Å². The van der Waals surface area contributed by atoms with Crippen molar-refractivity contribution in [2.45, 2.75) is 23.5 Å². The van der Waals surface area contributed by atoms with E-state index in [0.29, 0.717) is 12.2 Å². The number of thioether (sulfide) groups is 1. The van der Waals surface area contributed by atoms with Gasteiger partial charge >= 0.3 is 0 Å². The minimum Gasteiger partial charge on any atom is -0.391 e. The van der Waals surface area contributed by atoms with Crippen LogP contribution in [0.4, 0.5) is 0 Å². The summed E-state index contributed by atoms with van der Waals surface area (Å²) in [5.41, 5.74) is 7.19. The van der Waals surface area contributed by atoms with Crippen LogP contribution >= 0.6 is 11.8 Å². The Morgan fingerprint density at radius 3 is 2.74 bits per heavy atom. The molecular weight excluding hydrogens is 258 g/mol. The van der Waals surface area contributed by atoms with Gasteiger partial charge in [-0.05, 0) is 12.0 Å². The van der Waals surface area contributed by atoms with Crippen molar-refractivity contribution in [3.8, 4) is 0 Å². The second-order valence-corrected chi connectivity index (χ2v) is 5.68. The van der Waals surface area contributed by atoms with E-state index in [1.807, 2.05) is 43.6 Å². The van der Waals surface area contributed by atoms with Gasteiger partial charge in [0.2, 0.25) is 0 Å². The normalized spacial score (nSPS) is 14.3. The molecule has 0 fully saturated rings. The Balaban J connectivity index is 1.80. The largest absolute Gasteiger partial charge is 0.391 e. The van der Waals surface area contributed by atoms with Crippen LogP contribution in [-0.2, 0) is 13.5 Å². The Hall–Kier alpha value is -1.30. The molecule has 0 bridgehead atoms. The van der Waals surface area contributed by atoms with Gasteiger partial charge in [-0.2, -0.15) is 5.10 Å². The zero-order valence-corrected chi connectivity index (χ0v) is 11.8. The first kappa shape index (κ1) is 14.1. The van der Waals surface area contributed by atoms with Crippen molar-refractivity contribution in [1.29, 1.82) is 0 Å². The molecular formula is C14H19N3OS. The molecule has 19 heavy (non-hydrogen) atoms. The zero-order chi connectivity index (χ0) is 13.7. The van der Waals surface area contributed by atoms with E-state index in [4.69, 9.17) is 5.73 Å². The first-order valence-electron chi connectivity index (χ1n) is 6.24. The standard InChI is InChI=1S/C14H19N3OS/c1-17-9-12(8-16-17)19-10-14(18)13(15)7-11-5-3-2-4-6-11/h2-6,8-9,13-14,18H,7,10,15H2,1H3. The van der Waals surface area contributed by atoms with Crippen molar-refractivity contribution < 1.29 is 5.11 Å². The van der Waals surface area contributed by atoms with Crippen LogP contribution in [0.15, 0.2) is 47.6 Å². The third kappa shape index (κ3) is 4.38. The first-order valence-corrected chi connectivity index (χ1v) is 7.22. The monoisotopic (exact) mass is 277 g/mol. The van der Waals surface area contributed by atoms with E-state index in [2.05, 4.69) is 5.10 Å². The zero-order valence-electron chi connectivity index (χ0n) is 10.9. The summed E-state index contributed by atoms with van der Waals surface area (Å²) in [6.45, 7) is 0. The number of hydrogen-bond acceptors (Lipinski definition) is 4. The van der Waals surface area contributed by atoms with E-state index in [9.17, 15) is 5.11 Å². The molecule has 0 spiro atoms. The van der Waals surface area contributed by atoms with Crippen LogP contribution in [0.5, 0.6) is 0 Å². The van der Waals surface area contributed by atoms with Crippen LogP contribution in [0.3, 0.4) is 0 Å². The van der Waals surface area contributed by atoms with Crippen molar-refractivity contribution in [1.82, 2.24) is 9.78 Å². The highest BCUT2D eigenvalue weighted by atomic mass is 32.2. The molecule has 5 heteroatoms. The highest BCUT2D eigenvalue weighted by molar-refractivity contribution is 7.99. The fourth-order valence-electron chi connectivity index (χ4n) is 1.80. The molecule has 0 saturated heterocycles. The molecule has 102 valence electrons. The number of aromatic nitrogens is 2. The molecule has 2 rings (SSSR count). The van der Waals surface area contributed by atoms with Crippen molar-refractivity contribution in [3.05, 3.63) is 48.3 Å². The summed E-state index contributed by atoms with van der Waals surface area (Å²) >= 11 is 1.57. The van der Waals surface area contributed by atoms with Crippen LogP contribution in [0.2, 0.25) is 0 Å². The summed E-state index contributed by atoms with van der Waals surface area (Å²) in [7, 11) is 1.88. The maximum absolute atomic E-state index is 10.1. The first-order chi connectivity index (χ1) is 9.15. The summed E-state index contributed by atoms with van der Waals surface area (Å²) in [4.78, 5) is 1.05. The SMILES string of the molecule is Cn1cc(SCC(O)C(N)Cc2ccccc2)cn1. The topological polar surface area (TPSA) is 64.1 Å². The second kappa shape index (κ2) is 6.75. The van der Waals surface area contributed by atoms with E-state index in [-0.39, 0.29) is 6.04 Å². The lowest BCUT2D eigenvalue weighted by Gasteiger charge is -2.18. The van der Waals surface area contributed by atoms with Gasteiger partial charge in [0.15, 0.2) is 0 Å². The summed E-state index contributed by atoms with van der Waals surface area (Å²) in [6, 6.07) is 9.76. The lowest BCUT2D eigenvalue weighted by molar-refractivity contribution is 0.167. The lowest BCUT2D eigenvalue weighted by atomic mass is 10.0. The summed E-state index contributed by atoms with van der Waals surface area (Å²) < 4.78 is 1.75. The van der Waals surface area contributed by atoms with Crippen LogP contribution in [0, 0.1) is 0 Å². The summed E-state index contributed by atoms with van der Waals surface area (Å²) in [5, 5.41) is 14.2. The predicted molar refractivity (Wildman–Crippen MR) is 78.1 cm³/mol. The average Bonchev–Trinajstić information content (AvgIpc) is 2.83. The molecule has 4 nitrogen and oxygen atoms in total. The average molecular weight is 277 g/mol. The maximum Gasteiger partial charge on any atom is 0.0788 e. The highest BCUT2D eigenvalue weighted by Gasteiger charge is 2.15. The van der Waals surface area contributed by atoms with E-state index in [1.54, 1.807) is 22.6 Å². The van der Waals surface area contributed by atoms with Crippen molar-refractivity contribution >= 4 is 11.8 Å². The number of aliphatic hydroxyl groups is 1. The number of benzene rings is 1. The molecule has 3 N–H and O–H groups in total. The molecule has 2 aromatic rings. The molecule has 1 aromatic heterocycles. The fourth-order valence-corrected chi connectivity index (χ4v) is 2.76. The predicted octanol–water partition coefficient (Wildman–Crippen LogP) is 1.44. The molecule has 1 heterocycles. The quantitative estimate of drug-likeness (QED) is 0.784. The summed E-state index contributed by atoms with van der Waals surface area (Å²) in [6.07, 6.45) is 3.89. The smallest absolute Gasteiger partial charge is 0.0788 e. The van der Waals surface area contributed by atoms with Crippen LogP contribution in [0.25, 0.3) is 0 Å². The van der Waals surface area contributed by atoms with Gasteiger partial charge in [0.1, 0.15) is 0 Å². The molecule has 0 aliphatic carbocycles. The molecule has 0 saturated carbocycles. The van der Waals surface area contributed by atoms with Gasteiger partial charge in [-0.3, -0.25) is 4.68 Å². The van der Waals surface area contributed by atoms with E-state index >= 15 is 0 Å². The van der Waals surface area contributed by atoms with Gasteiger partial charge in [-0.1, -0.05) is 30.3 Å². The Morgan fingerprint density at radius 1 is 1.37 bits per heavy atom. The van der Waals surface area contributed by atoms with E-state index < -0.39 is 6.10 Å². The minimum atomic E-state index is -0.523. The number of rotatable bonds is 6. The Morgan fingerprint density at radius 2 is 2.11 bits per heavy atom. The molecule has 0 amide bonds. The van der Waals surface area contributed by atoms with Crippen LogP contribution in [0.1, 0.15) is 5.56 Å². The van der Waals surface area contributed by atoms with Gasteiger partial charge < -0.3 is 10.8 Å².